The van der Waals surface area contributed by atoms with Crippen molar-refractivity contribution >= 4 is 5.69 Å². The maximum atomic E-state index is 9.71. The maximum absolute atomic E-state index is 9.71. The molecule has 0 unspecified atom stereocenters. The summed E-state index contributed by atoms with van der Waals surface area (Å²) < 4.78 is 0. The molecule has 1 aromatic carbocycles. The van der Waals surface area contributed by atoms with Crippen LogP contribution in [-0.4, -0.2) is 17.3 Å². The first kappa shape index (κ1) is 10.5. The third kappa shape index (κ3) is 2.32. The normalized spacial score (nSPS) is 25.5. The molecule has 0 aromatic heterocycles. The average molecular weight is 205 g/mol. The van der Waals surface area contributed by atoms with Gasteiger partial charge in [0.2, 0.25) is 0 Å². The number of nitrogens with one attached hydrogen (secondary N) is 1. The van der Waals surface area contributed by atoms with Crippen LogP contribution in [0, 0.1) is 13.8 Å². The molecule has 0 amide bonds. The van der Waals surface area contributed by atoms with E-state index in [2.05, 4.69) is 37.4 Å². The predicted molar refractivity (Wildman–Crippen MR) is 63.2 cm³/mol. The summed E-state index contributed by atoms with van der Waals surface area (Å²) in [4.78, 5) is 0. The molecule has 0 spiro atoms. The third-order valence-corrected chi connectivity index (χ3v) is 3.34. The fourth-order valence-electron chi connectivity index (χ4n) is 2.15. The van der Waals surface area contributed by atoms with Crippen LogP contribution in [0.25, 0.3) is 0 Å². The monoisotopic (exact) mass is 205 g/mol. The zero-order valence-electron chi connectivity index (χ0n) is 9.46. The molecule has 1 aliphatic rings. The zero-order valence-corrected chi connectivity index (χ0v) is 9.46. The molecule has 2 nitrogen and oxygen atoms in total. The molecular weight excluding hydrogens is 186 g/mol. The molecule has 0 heterocycles. The van der Waals surface area contributed by atoms with E-state index in [0.717, 1.165) is 24.9 Å². The van der Waals surface area contributed by atoms with Crippen molar-refractivity contribution in [2.45, 2.75) is 45.3 Å². The Morgan fingerprint density at radius 1 is 1.20 bits per heavy atom. The van der Waals surface area contributed by atoms with Crippen molar-refractivity contribution < 1.29 is 5.11 Å². The van der Waals surface area contributed by atoms with Crippen molar-refractivity contribution in [3.8, 4) is 0 Å². The lowest BCUT2D eigenvalue weighted by molar-refractivity contribution is 0.172. The standard InChI is InChI=1S/C13H19NO/c1-9-6-7-11(8-10(9)2)14-12-4-3-5-13(12)15/h6-8,12-15H,3-5H2,1-2H3/t12-,13-/m1/s1. The topological polar surface area (TPSA) is 32.3 Å². The number of hydrogen-bond acceptors (Lipinski definition) is 2. The second kappa shape index (κ2) is 4.23. The first-order valence-corrected chi connectivity index (χ1v) is 5.68. The molecule has 82 valence electrons. The lowest BCUT2D eigenvalue weighted by atomic mass is 10.1. The van der Waals surface area contributed by atoms with E-state index in [9.17, 15) is 5.11 Å². The van der Waals surface area contributed by atoms with Crippen molar-refractivity contribution in [3.05, 3.63) is 29.3 Å². The maximum Gasteiger partial charge on any atom is 0.0741 e. The van der Waals surface area contributed by atoms with Gasteiger partial charge in [0, 0.05) is 5.69 Å². The van der Waals surface area contributed by atoms with Gasteiger partial charge in [0.05, 0.1) is 12.1 Å². The van der Waals surface area contributed by atoms with E-state index in [-0.39, 0.29) is 12.1 Å². The van der Waals surface area contributed by atoms with Crippen molar-refractivity contribution in [2.75, 3.05) is 5.32 Å². The van der Waals surface area contributed by atoms with Gasteiger partial charge in [0.15, 0.2) is 0 Å². The molecule has 2 heteroatoms. The first-order chi connectivity index (χ1) is 7.16. The largest absolute Gasteiger partial charge is 0.391 e. The Hall–Kier alpha value is -1.02. The molecule has 1 saturated carbocycles. The van der Waals surface area contributed by atoms with Gasteiger partial charge in [0.25, 0.3) is 0 Å². The predicted octanol–water partition coefficient (Wildman–Crippen LogP) is 2.63. The van der Waals surface area contributed by atoms with E-state index in [0.29, 0.717) is 0 Å². The number of aryl methyl sites for hydroxylation is 2. The summed E-state index contributed by atoms with van der Waals surface area (Å²) in [5.41, 5.74) is 3.74. The number of benzene rings is 1. The van der Waals surface area contributed by atoms with Crippen LogP contribution in [0.2, 0.25) is 0 Å². The Kier molecular flexibility index (Phi) is 2.96. The minimum atomic E-state index is -0.174. The van der Waals surface area contributed by atoms with Gasteiger partial charge >= 0.3 is 0 Å². The van der Waals surface area contributed by atoms with Crippen LogP contribution in [0.4, 0.5) is 5.69 Å². The molecular formula is C13H19NO. The summed E-state index contributed by atoms with van der Waals surface area (Å²) in [6, 6.07) is 6.61. The van der Waals surface area contributed by atoms with Crippen molar-refractivity contribution in [2.24, 2.45) is 0 Å². The smallest absolute Gasteiger partial charge is 0.0741 e. The van der Waals surface area contributed by atoms with Gasteiger partial charge in [-0.1, -0.05) is 6.07 Å². The number of rotatable bonds is 2. The minimum Gasteiger partial charge on any atom is -0.391 e. The number of anilines is 1. The SMILES string of the molecule is Cc1ccc(N[C@@H]2CCC[C@H]2O)cc1C. The lowest BCUT2D eigenvalue weighted by Crippen LogP contribution is -2.27. The Morgan fingerprint density at radius 3 is 2.60 bits per heavy atom. The second-order valence-corrected chi connectivity index (χ2v) is 4.55. The highest BCUT2D eigenvalue weighted by molar-refractivity contribution is 5.49. The molecule has 0 aliphatic heterocycles. The molecule has 15 heavy (non-hydrogen) atoms. The highest BCUT2D eigenvalue weighted by Gasteiger charge is 2.24. The average Bonchev–Trinajstić information content (AvgIpc) is 2.59. The molecule has 2 atom stereocenters. The zero-order chi connectivity index (χ0) is 10.8. The molecule has 0 bridgehead atoms. The Balaban J connectivity index is 2.07. The van der Waals surface area contributed by atoms with E-state index >= 15 is 0 Å². The van der Waals surface area contributed by atoms with E-state index in [1.807, 2.05) is 0 Å². The molecule has 0 radical (unpaired) electrons. The number of hydrogen-bond donors (Lipinski definition) is 2. The first-order valence-electron chi connectivity index (χ1n) is 5.68. The Morgan fingerprint density at radius 2 is 2.00 bits per heavy atom. The van der Waals surface area contributed by atoms with Gasteiger partial charge in [-0.3, -0.25) is 0 Å². The Labute approximate surface area is 91.3 Å². The number of aliphatic hydroxyl groups excluding tert-OH is 1. The van der Waals surface area contributed by atoms with Gasteiger partial charge in [-0.25, -0.2) is 0 Å². The molecule has 1 aromatic rings. The van der Waals surface area contributed by atoms with Crippen LogP contribution < -0.4 is 5.32 Å². The summed E-state index contributed by atoms with van der Waals surface area (Å²) in [5, 5.41) is 13.1. The van der Waals surface area contributed by atoms with Crippen LogP contribution in [0.5, 0.6) is 0 Å². The van der Waals surface area contributed by atoms with Crippen LogP contribution in [0.15, 0.2) is 18.2 Å². The summed E-state index contributed by atoms with van der Waals surface area (Å²) in [6.07, 6.45) is 2.96. The second-order valence-electron chi connectivity index (χ2n) is 4.55. The summed E-state index contributed by atoms with van der Waals surface area (Å²) in [5.74, 6) is 0. The van der Waals surface area contributed by atoms with Crippen LogP contribution >= 0.6 is 0 Å². The quantitative estimate of drug-likeness (QED) is 0.778. The molecule has 2 N–H and O–H groups in total. The van der Waals surface area contributed by atoms with Gasteiger partial charge in [0.1, 0.15) is 0 Å². The summed E-state index contributed by atoms with van der Waals surface area (Å²) in [6.45, 7) is 4.23. The third-order valence-electron chi connectivity index (χ3n) is 3.34. The molecule has 1 fully saturated rings. The fraction of sp³-hybridized carbons (Fsp3) is 0.538. The number of aliphatic hydroxyl groups is 1. The minimum absolute atomic E-state index is 0.174. The summed E-state index contributed by atoms with van der Waals surface area (Å²) >= 11 is 0. The van der Waals surface area contributed by atoms with E-state index < -0.39 is 0 Å². The fourth-order valence-corrected chi connectivity index (χ4v) is 2.15. The van der Waals surface area contributed by atoms with Crippen LogP contribution in [0.3, 0.4) is 0 Å². The molecule has 1 aliphatic carbocycles. The molecule has 2 rings (SSSR count). The van der Waals surface area contributed by atoms with Gasteiger partial charge in [-0.2, -0.15) is 0 Å². The van der Waals surface area contributed by atoms with Crippen LogP contribution in [0.1, 0.15) is 30.4 Å². The van der Waals surface area contributed by atoms with Gasteiger partial charge in [-0.15, -0.1) is 0 Å². The lowest BCUT2D eigenvalue weighted by Gasteiger charge is -2.18. The van der Waals surface area contributed by atoms with Crippen LogP contribution in [-0.2, 0) is 0 Å². The van der Waals surface area contributed by atoms with Gasteiger partial charge in [-0.05, 0) is 56.4 Å². The van der Waals surface area contributed by atoms with E-state index in [1.54, 1.807) is 0 Å². The van der Waals surface area contributed by atoms with Crippen molar-refractivity contribution in [1.29, 1.82) is 0 Å². The molecule has 0 saturated heterocycles. The van der Waals surface area contributed by atoms with Crippen molar-refractivity contribution in [1.82, 2.24) is 0 Å². The highest BCUT2D eigenvalue weighted by atomic mass is 16.3. The summed E-state index contributed by atoms with van der Waals surface area (Å²) in [7, 11) is 0. The van der Waals surface area contributed by atoms with E-state index in [1.165, 1.54) is 11.1 Å². The Bertz CT molecular complexity index is 348. The van der Waals surface area contributed by atoms with Crippen molar-refractivity contribution in [3.63, 3.8) is 0 Å². The highest BCUT2D eigenvalue weighted by Crippen LogP contribution is 2.23. The van der Waals surface area contributed by atoms with E-state index in [4.69, 9.17) is 0 Å². The van der Waals surface area contributed by atoms with Gasteiger partial charge < -0.3 is 10.4 Å².